The minimum atomic E-state index is -3.89. The molecule has 9 nitrogen and oxygen atoms in total. The lowest BCUT2D eigenvalue weighted by atomic mass is 10.1. The van der Waals surface area contributed by atoms with Gasteiger partial charge < -0.3 is 14.8 Å². The Morgan fingerprint density at radius 2 is 1.79 bits per heavy atom. The van der Waals surface area contributed by atoms with E-state index in [4.69, 9.17) is 9.47 Å². The van der Waals surface area contributed by atoms with Crippen LogP contribution in [0.2, 0.25) is 0 Å². The molecule has 0 aromatic heterocycles. The number of sulfonamides is 1. The summed E-state index contributed by atoms with van der Waals surface area (Å²) in [7, 11) is -3.89. The predicted octanol–water partition coefficient (Wildman–Crippen LogP) is 3.57. The fourth-order valence-corrected chi connectivity index (χ4v) is 4.35. The van der Waals surface area contributed by atoms with Gasteiger partial charge in [-0.2, -0.15) is 0 Å². The zero-order valence-electron chi connectivity index (χ0n) is 16.6. The van der Waals surface area contributed by atoms with Crippen LogP contribution in [0.25, 0.3) is 0 Å². The number of fused-ring (bicyclic) bond motifs is 1. The van der Waals surface area contributed by atoms with Gasteiger partial charge in [-0.05, 0) is 57.5 Å². The largest absolute Gasteiger partial charge is 0.454 e. The molecule has 10 heteroatoms. The third kappa shape index (κ3) is 4.77. The molecule has 0 saturated carbocycles. The van der Waals surface area contributed by atoms with Crippen LogP contribution in [0.4, 0.5) is 11.4 Å². The molecule has 2 aromatic carbocycles. The van der Waals surface area contributed by atoms with E-state index in [-0.39, 0.29) is 29.1 Å². The Hall–Kier alpha value is -2.85. The third-order valence-corrected chi connectivity index (χ3v) is 5.94. The Balaban J connectivity index is 1.89. The highest BCUT2D eigenvalue weighted by atomic mass is 32.2. The lowest BCUT2D eigenvalue weighted by Gasteiger charge is -2.21. The van der Waals surface area contributed by atoms with Crippen LogP contribution >= 0.6 is 0 Å². The van der Waals surface area contributed by atoms with E-state index in [9.17, 15) is 18.5 Å². The first-order chi connectivity index (χ1) is 13.5. The second kappa shape index (κ2) is 7.53. The zero-order chi connectivity index (χ0) is 21.4. The normalized spacial score (nSPS) is 14.5. The summed E-state index contributed by atoms with van der Waals surface area (Å²) in [4.78, 5) is 10.8. The topological polar surface area (TPSA) is 120 Å². The molecule has 156 valence electrons. The monoisotopic (exact) mass is 421 g/mol. The Morgan fingerprint density at radius 1 is 1.10 bits per heavy atom. The number of anilines is 1. The maximum Gasteiger partial charge on any atom is 0.293 e. The lowest BCUT2D eigenvalue weighted by Crippen LogP contribution is -2.40. The van der Waals surface area contributed by atoms with Gasteiger partial charge in [0, 0.05) is 17.6 Å². The van der Waals surface area contributed by atoms with Crippen LogP contribution in [-0.4, -0.2) is 25.7 Å². The molecule has 1 atom stereocenters. The van der Waals surface area contributed by atoms with Crippen molar-refractivity contribution in [3.63, 3.8) is 0 Å². The van der Waals surface area contributed by atoms with Crippen LogP contribution < -0.4 is 19.5 Å². The fraction of sp³-hybridized carbons (Fsp3) is 0.368. The lowest BCUT2D eigenvalue weighted by molar-refractivity contribution is -0.384. The van der Waals surface area contributed by atoms with Crippen LogP contribution in [0.3, 0.4) is 0 Å². The Kier molecular flexibility index (Phi) is 5.42. The average molecular weight is 421 g/mol. The van der Waals surface area contributed by atoms with Gasteiger partial charge in [-0.1, -0.05) is 6.07 Å². The molecule has 0 bridgehead atoms. The van der Waals surface area contributed by atoms with E-state index in [1.165, 1.54) is 12.1 Å². The molecule has 2 N–H and O–H groups in total. The van der Waals surface area contributed by atoms with Gasteiger partial charge in [-0.25, -0.2) is 13.1 Å². The van der Waals surface area contributed by atoms with Crippen molar-refractivity contribution < 1.29 is 22.8 Å². The molecule has 0 aliphatic carbocycles. The van der Waals surface area contributed by atoms with E-state index in [0.717, 1.165) is 11.6 Å². The minimum Gasteiger partial charge on any atom is -0.454 e. The van der Waals surface area contributed by atoms with Crippen molar-refractivity contribution in [2.24, 2.45) is 0 Å². The number of rotatable bonds is 6. The van der Waals surface area contributed by atoms with Crippen molar-refractivity contribution in [3.8, 4) is 11.5 Å². The van der Waals surface area contributed by atoms with Crippen LogP contribution in [0.5, 0.6) is 11.5 Å². The number of hydrogen-bond acceptors (Lipinski definition) is 7. The molecular weight excluding hydrogens is 398 g/mol. The second-order valence-electron chi connectivity index (χ2n) is 7.77. The number of benzene rings is 2. The van der Waals surface area contributed by atoms with Crippen LogP contribution in [0.1, 0.15) is 39.3 Å². The molecule has 1 aliphatic rings. The number of nitro groups is 1. The van der Waals surface area contributed by atoms with E-state index in [1.54, 1.807) is 32.9 Å². The first kappa shape index (κ1) is 20.9. The Morgan fingerprint density at radius 3 is 2.45 bits per heavy atom. The van der Waals surface area contributed by atoms with Crippen molar-refractivity contribution in [1.29, 1.82) is 0 Å². The summed E-state index contributed by atoms with van der Waals surface area (Å²) >= 11 is 0. The van der Waals surface area contributed by atoms with Gasteiger partial charge in [0.2, 0.25) is 16.8 Å². The highest BCUT2D eigenvalue weighted by Gasteiger charge is 2.26. The minimum absolute atomic E-state index is 0.157. The highest BCUT2D eigenvalue weighted by molar-refractivity contribution is 7.89. The van der Waals surface area contributed by atoms with Crippen LogP contribution in [0, 0.1) is 10.1 Å². The van der Waals surface area contributed by atoms with Crippen molar-refractivity contribution in [3.05, 3.63) is 52.1 Å². The van der Waals surface area contributed by atoms with Gasteiger partial charge in [-0.3, -0.25) is 10.1 Å². The zero-order valence-corrected chi connectivity index (χ0v) is 17.4. The summed E-state index contributed by atoms with van der Waals surface area (Å²) in [5.41, 5.74) is 0.0252. The van der Waals surface area contributed by atoms with Gasteiger partial charge in [-0.15, -0.1) is 0 Å². The average Bonchev–Trinajstić information content (AvgIpc) is 3.07. The standard InChI is InChI=1S/C19H23N3O6S/c1-12(13-5-8-17-18(9-13)28-11-27-17)20-15-7-6-14(10-16(15)22(23)24)29(25,26)21-19(2,3)4/h5-10,12,20-21H,11H2,1-4H3. The SMILES string of the molecule is CC(Nc1ccc(S(=O)(=O)NC(C)(C)C)cc1[N+](=O)[O-])c1ccc2c(c1)OCO2. The summed E-state index contributed by atoms with van der Waals surface area (Å²) in [5.74, 6) is 1.26. The van der Waals surface area contributed by atoms with Crippen molar-refractivity contribution in [1.82, 2.24) is 4.72 Å². The molecule has 0 radical (unpaired) electrons. The van der Waals surface area contributed by atoms with E-state index < -0.39 is 20.5 Å². The van der Waals surface area contributed by atoms with Gasteiger partial charge >= 0.3 is 0 Å². The molecule has 1 aliphatic heterocycles. The fourth-order valence-electron chi connectivity index (χ4n) is 2.91. The summed E-state index contributed by atoms with van der Waals surface area (Å²) < 4.78 is 38.2. The number of nitrogens with zero attached hydrogens (tertiary/aromatic N) is 1. The summed E-state index contributed by atoms with van der Waals surface area (Å²) in [6.07, 6.45) is 0. The molecular formula is C19H23N3O6S. The molecule has 1 unspecified atom stereocenters. The molecule has 29 heavy (non-hydrogen) atoms. The van der Waals surface area contributed by atoms with Crippen molar-refractivity contribution in [2.45, 2.75) is 44.2 Å². The molecule has 0 amide bonds. The van der Waals surface area contributed by atoms with Crippen LogP contribution in [0.15, 0.2) is 41.3 Å². The number of nitrogens with one attached hydrogen (secondary N) is 2. The quantitative estimate of drug-likeness (QED) is 0.540. The molecule has 3 rings (SSSR count). The first-order valence-corrected chi connectivity index (χ1v) is 10.4. The molecule has 2 aromatic rings. The van der Waals surface area contributed by atoms with Crippen molar-refractivity contribution >= 4 is 21.4 Å². The third-order valence-electron chi connectivity index (χ3n) is 4.19. The van der Waals surface area contributed by atoms with E-state index in [0.29, 0.717) is 11.5 Å². The predicted molar refractivity (Wildman–Crippen MR) is 108 cm³/mol. The van der Waals surface area contributed by atoms with Crippen LogP contribution in [-0.2, 0) is 10.0 Å². The molecule has 0 fully saturated rings. The van der Waals surface area contributed by atoms with Crippen molar-refractivity contribution in [2.75, 3.05) is 12.1 Å². The summed E-state index contributed by atoms with van der Waals surface area (Å²) in [6.45, 7) is 7.09. The number of nitro benzene ring substituents is 1. The molecule has 0 spiro atoms. The Bertz CT molecular complexity index is 1050. The highest BCUT2D eigenvalue weighted by Crippen LogP contribution is 2.36. The van der Waals surface area contributed by atoms with E-state index >= 15 is 0 Å². The second-order valence-corrected chi connectivity index (χ2v) is 9.45. The molecule has 0 saturated heterocycles. The van der Waals surface area contributed by atoms with Gasteiger partial charge in [0.1, 0.15) is 5.69 Å². The molecule has 1 heterocycles. The van der Waals surface area contributed by atoms with E-state index in [1.807, 2.05) is 13.0 Å². The number of ether oxygens (including phenoxy) is 2. The number of hydrogen-bond donors (Lipinski definition) is 2. The van der Waals surface area contributed by atoms with Gasteiger partial charge in [0.05, 0.1) is 9.82 Å². The summed E-state index contributed by atoms with van der Waals surface area (Å²) in [5, 5.41) is 14.6. The first-order valence-electron chi connectivity index (χ1n) is 8.95. The smallest absolute Gasteiger partial charge is 0.293 e. The van der Waals surface area contributed by atoms with Gasteiger partial charge in [0.25, 0.3) is 5.69 Å². The maximum absolute atomic E-state index is 12.5. The van der Waals surface area contributed by atoms with Gasteiger partial charge in [0.15, 0.2) is 11.5 Å². The maximum atomic E-state index is 12.5. The van der Waals surface area contributed by atoms with E-state index in [2.05, 4.69) is 10.0 Å². The Labute approximate surface area is 169 Å². The summed E-state index contributed by atoms with van der Waals surface area (Å²) in [6, 6.07) is 8.93.